The third-order valence-corrected chi connectivity index (χ3v) is 12.0. The first kappa shape index (κ1) is 22.3. The van der Waals surface area contributed by atoms with Crippen LogP contribution in [0.3, 0.4) is 0 Å². The summed E-state index contributed by atoms with van der Waals surface area (Å²) in [5, 5.41) is 0.101. The molecule has 152 valence electrons. The Labute approximate surface area is 166 Å². The molecule has 6 heteroatoms. The van der Waals surface area contributed by atoms with E-state index in [-0.39, 0.29) is 17.1 Å². The van der Waals surface area contributed by atoms with Crippen molar-refractivity contribution in [1.82, 2.24) is 0 Å². The average molecular weight is 411 g/mol. The topological polar surface area (TPSA) is 52.6 Å². The molecular formula is C21H34O4SSi. The summed E-state index contributed by atoms with van der Waals surface area (Å²) in [7, 11) is -5.49. The molecule has 0 fully saturated rings. The van der Waals surface area contributed by atoms with Crippen LogP contribution in [-0.2, 0) is 19.0 Å². The van der Waals surface area contributed by atoms with Crippen molar-refractivity contribution in [3.63, 3.8) is 0 Å². The van der Waals surface area contributed by atoms with Gasteiger partial charge in [-0.1, -0.05) is 52.3 Å². The minimum absolute atomic E-state index is 0.0642. The van der Waals surface area contributed by atoms with Crippen molar-refractivity contribution in [2.24, 2.45) is 5.92 Å². The molecule has 0 amide bonds. The zero-order valence-electron chi connectivity index (χ0n) is 17.9. The molecule has 2 atom stereocenters. The molecule has 0 aliphatic carbocycles. The first-order valence-electron chi connectivity index (χ1n) is 9.58. The summed E-state index contributed by atoms with van der Waals surface area (Å²) in [6.45, 7) is 17.3. The van der Waals surface area contributed by atoms with Gasteiger partial charge in [0.15, 0.2) is 8.32 Å². The second-order valence-electron chi connectivity index (χ2n) is 9.30. The normalized spacial score (nSPS) is 21.6. The molecule has 27 heavy (non-hydrogen) atoms. The van der Waals surface area contributed by atoms with Crippen molar-refractivity contribution in [2.45, 2.75) is 76.8 Å². The van der Waals surface area contributed by atoms with E-state index in [2.05, 4.69) is 33.9 Å². The maximum atomic E-state index is 13.2. The second-order valence-corrected chi connectivity index (χ2v) is 16.1. The molecule has 0 saturated carbocycles. The summed E-state index contributed by atoms with van der Waals surface area (Å²) >= 11 is 0. The van der Waals surface area contributed by atoms with Gasteiger partial charge in [-0.2, -0.15) is 0 Å². The van der Waals surface area contributed by atoms with Crippen LogP contribution in [0.4, 0.5) is 0 Å². The molecule has 1 aromatic rings. The third kappa shape index (κ3) is 4.91. The molecule has 0 N–H and O–H groups in total. The van der Waals surface area contributed by atoms with Gasteiger partial charge in [-0.15, -0.1) is 0 Å². The third-order valence-electron chi connectivity index (χ3n) is 5.61. The van der Waals surface area contributed by atoms with Crippen molar-refractivity contribution < 1.29 is 17.6 Å². The maximum absolute atomic E-state index is 13.2. The standard InChI is InChI=1S/C21H34O4SSi/c1-15(2)20-19(26(22,23)18-11-9-16(3)10-12-18)13-17(25-20)14-24-27(7,8)21(4,5)6/h9-13,15,17,20H,14H2,1-8H3/t17-,20-/m1/s1. The van der Waals surface area contributed by atoms with Gasteiger partial charge in [-0.3, -0.25) is 0 Å². The van der Waals surface area contributed by atoms with E-state index in [1.165, 1.54) is 0 Å². The van der Waals surface area contributed by atoms with Gasteiger partial charge in [-0.25, -0.2) is 8.42 Å². The lowest BCUT2D eigenvalue weighted by atomic mass is 10.1. The molecule has 1 aliphatic heterocycles. The monoisotopic (exact) mass is 410 g/mol. The van der Waals surface area contributed by atoms with Crippen molar-refractivity contribution in [2.75, 3.05) is 6.61 Å². The Hall–Kier alpha value is -0.953. The highest BCUT2D eigenvalue weighted by molar-refractivity contribution is 7.95. The number of hydrogen-bond acceptors (Lipinski definition) is 4. The molecule has 0 aromatic heterocycles. The minimum Gasteiger partial charge on any atom is -0.414 e. The Morgan fingerprint density at radius 2 is 1.70 bits per heavy atom. The Balaban J connectivity index is 2.27. The summed E-state index contributed by atoms with van der Waals surface area (Å²) in [6.07, 6.45) is 0.985. The molecule has 1 heterocycles. The van der Waals surface area contributed by atoms with Crippen LogP contribution in [0, 0.1) is 12.8 Å². The van der Waals surface area contributed by atoms with Crippen molar-refractivity contribution in [1.29, 1.82) is 0 Å². The summed E-state index contributed by atoms with van der Waals surface area (Å²) < 4.78 is 38.7. The molecule has 1 aromatic carbocycles. The van der Waals surface area contributed by atoms with Crippen molar-refractivity contribution >= 4 is 18.2 Å². The molecule has 1 aliphatic rings. The largest absolute Gasteiger partial charge is 0.414 e. The van der Waals surface area contributed by atoms with Crippen molar-refractivity contribution in [3.8, 4) is 0 Å². The molecule has 0 spiro atoms. The summed E-state index contributed by atoms with van der Waals surface area (Å²) in [5.74, 6) is 0.0642. The molecule has 2 rings (SSSR count). The Morgan fingerprint density at radius 3 is 2.19 bits per heavy atom. The van der Waals surface area contributed by atoms with Crippen LogP contribution in [0.2, 0.25) is 18.1 Å². The summed E-state index contributed by atoms with van der Waals surface area (Å²) in [5.41, 5.74) is 1.03. The lowest BCUT2D eigenvalue weighted by molar-refractivity contribution is 0.00751. The van der Waals surface area contributed by atoms with Gasteiger partial charge >= 0.3 is 0 Å². The van der Waals surface area contributed by atoms with Crippen LogP contribution in [-0.4, -0.2) is 35.6 Å². The van der Waals surface area contributed by atoms with Gasteiger partial charge in [0.2, 0.25) is 9.84 Å². The van der Waals surface area contributed by atoms with E-state index in [1.54, 1.807) is 18.2 Å². The summed E-state index contributed by atoms with van der Waals surface area (Å²) in [6, 6.07) is 6.99. The fraction of sp³-hybridized carbons (Fsp3) is 0.619. The zero-order chi connectivity index (χ0) is 20.6. The van der Waals surface area contributed by atoms with Crippen LogP contribution in [0.25, 0.3) is 0 Å². The number of sulfone groups is 1. The van der Waals surface area contributed by atoms with Crippen LogP contribution in [0.15, 0.2) is 40.1 Å². The number of aryl methyl sites for hydroxylation is 1. The lowest BCUT2D eigenvalue weighted by Crippen LogP contribution is -2.42. The van der Waals surface area contributed by atoms with E-state index in [1.807, 2.05) is 32.9 Å². The highest BCUT2D eigenvalue weighted by Gasteiger charge is 2.41. The smallest absolute Gasteiger partial charge is 0.205 e. The number of hydrogen-bond donors (Lipinski definition) is 0. The Kier molecular flexibility index (Phi) is 6.47. The van der Waals surface area contributed by atoms with E-state index < -0.39 is 24.3 Å². The number of ether oxygens (including phenoxy) is 1. The van der Waals surface area contributed by atoms with E-state index in [0.717, 1.165) is 5.56 Å². The highest BCUT2D eigenvalue weighted by atomic mass is 32.2. The highest BCUT2D eigenvalue weighted by Crippen LogP contribution is 2.38. The predicted molar refractivity (Wildman–Crippen MR) is 113 cm³/mol. The molecule has 0 radical (unpaired) electrons. The maximum Gasteiger partial charge on any atom is 0.205 e. The lowest BCUT2D eigenvalue weighted by Gasteiger charge is -2.36. The van der Waals surface area contributed by atoms with E-state index in [9.17, 15) is 8.42 Å². The van der Waals surface area contributed by atoms with Crippen LogP contribution >= 0.6 is 0 Å². The molecule has 4 nitrogen and oxygen atoms in total. The molecule has 0 bridgehead atoms. The molecule has 0 saturated heterocycles. The number of benzene rings is 1. The van der Waals surface area contributed by atoms with Crippen LogP contribution in [0.1, 0.15) is 40.2 Å². The molecular weight excluding hydrogens is 376 g/mol. The quantitative estimate of drug-likeness (QED) is 0.612. The number of rotatable bonds is 6. The molecule has 0 unspecified atom stereocenters. The van der Waals surface area contributed by atoms with Gasteiger partial charge in [0.05, 0.1) is 28.6 Å². The van der Waals surface area contributed by atoms with Gasteiger partial charge in [-0.05, 0) is 49.2 Å². The van der Waals surface area contributed by atoms with E-state index >= 15 is 0 Å². The fourth-order valence-corrected chi connectivity index (χ4v) is 5.49. The van der Waals surface area contributed by atoms with E-state index in [0.29, 0.717) is 16.4 Å². The van der Waals surface area contributed by atoms with Crippen LogP contribution in [0.5, 0.6) is 0 Å². The minimum atomic E-state index is -3.57. The summed E-state index contributed by atoms with van der Waals surface area (Å²) in [4.78, 5) is 0.685. The van der Waals surface area contributed by atoms with Gasteiger partial charge in [0, 0.05) is 0 Å². The first-order chi connectivity index (χ1) is 12.3. The fourth-order valence-electron chi connectivity index (χ4n) is 2.75. The van der Waals surface area contributed by atoms with E-state index in [4.69, 9.17) is 9.16 Å². The SMILES string of the molecule is Cc1ccc(S(=O)(=O)C2=C[C@H](CO[Si](C)(C)C(C)(C)C)O[C@@H]2C(C)C)cc1. The van der Waals surface area contributed by atoms with Crippen molar-refractivity contribution in [3.05, 3.63) is 40.8 Å². The average Bonchev–Trinajstić information content (AvgIpc) is 2.98. The Bertz CT molecular complexity index is 786. The zero-order valence-corrected chi connectivity index (χ0v) is 19.7. The second kappa shape index (κ2) is 7.82. The van der Waals surface area contributed by atoms with Crippen LogP contribution < -0.4 is 0 Å². The van der Waals surface area contributed by atoms with Gasteiger partial charge < -0.3 is 9.16 Å². The Morgan fingerprint density at radius 1 is 1.15 bits per heavy atom. The van der Waals surface area contributed by atoms with Gasteiger partial charge in [0.25, 0.3) is 0 Å². The first-order valence-corrected chi connectivity index (χ1v) is 14.0. The predicted octanol–water partition coefficient (Wildman–Crippen LogP) is 5.10. The van der Waals surface area contributed by atoms with Gasteiger partial charge in [0.1, 0.15) is 0 Å².